The van der Waals surface area contributed by atoms with Crippen LogP contribution in [0.25, 0.3) is 0 Å². The van der Waals surface area contributed by atoms with E-state index < -0.39 is 17.7 Å². The van der Waals surface area contributed by atoms with E-state index in [-0.39, 0.29) is 22.7 Å². The average molecular weight is 308 g/mol. The van der Waals surface area contributed by atoms with Gasteiger partial charge in [0.05, 0.1) is 16.1 Å². The van der Waals surface area contributed by atoms with E-state index in [2.05, 4.69) is 5.32 Å². The van der Waals surface area contributed by atoms with E-state index in [1.54, 1.807) is 12.1 Å². The molecule has 0 radical (unpaired) electrons. The molecule has 2 aromatic rings. The lowest BCUT2D eigenvalue weighted by Crippen LogP contribution is -2.23. The Morgan fingerprint density at radius 3 is 2.38 bits per heavy atom. The van der Waals surface area contributed by atoms with E-state index in [0.29, 0.717) is 0 Å². The Morgan fingerprint density at radius 2 is 1.81 bits per heavy atom. The SMILES string of the molecule is O=C(O)c1ccc(CNC(=O)c2ccc(F)cc2Cl)cc1. The van der Waals surface area contributed by atoms with E-state index in [1.165, 1.54) is 18.2 Å². The molecular formula is C15H11ClFNO3. The second-order valence-corrected chi connectivity index (χ2v) is 4.72. The molecule has 0 aliphatic heterocycles. The Hall–Kier alpha value is -2.40. The predicted octanol–water partition coefficient (Wildman–Crippen LogP) is 3.11. The molecule has 0 aromatic heterocycles. The summed E-state index contributed by atoms with van der Waals surface area (Å²) in [6, 6.07) is 9.65. The summed E-state index contributed by atoms with van der Waals surface area (Å²) in [4.78, 5) is 22.6. The van der Waals surface area contributed by atoms with Crippen molar-refractivity contribution in [2.45, 2.75) is 6.54 Å². The lowest BCUT2D eigenvalue weighted by atomic mass is 10.1. The third-order valence-corrected chi connectivity index (χ3v) is 3.14. The van der Waals surface area contributed by atoms with Gasteiger partial charge in [0.25, 0.3) is 5.91 Å². The molecular weight excluding hydrogens is 297 g/mol. The molecule has 108 valence electrons. The molecule has 0 bridgehead atoms. The minimum atomic E-state index is -1.01. The first-order chi connectivity index (χ1) is 9.97. The Bertz CT molecular complexity index is 686. The third-order valence-electron chi connectivity index (χ3n) is 2.83. The van der Waals surface area contributed by atoms with Crippen molar-refractivity contribution in [2.75, 3.05) is 0 Å². The van der Waals surface area contributed by atoms with Gasteiger partial charge in [-0.05, 0) is 35.9 Å². The van der Waals surface area contributed by atoms with E-state index in [9.17, 15) is 14.0 Å². The van der Waals surface area contributed by atoms with E-state index >= 15 is 0 Å². The summed E-state index contributed by atoms with van der Waals surface area (Å²) in [6.45, 7) is 0.215. The smallest absolute Gasteiger partial charge is 0.335 e. The summed E-state index contributed by atoms with van der Waals surface area (Å²) >= 11 is 5.80. The summed E-state index contributed by atoms with van der Waals surface area (Å²) in [6.07, 6.45) is 0. The highest BCUT2D eigenvalue weighted by Gasteiger charge is 2.11. The van der Waals surface area contributed by atoms with Crippen LogP contribution in [0, 0.1) is 5.82 Å². The molecule has 0 saturated heterocycles. The van der Waals surface area contributed by atoms with Crippen LogP contribution in [0.2, 0.25) is 5.02 Å². The minimum Gasteiger partial charge on any atom is -0.478 e. The zero-order chi connectivity index (χ0) is 15.4. The summed E-state index contributed by atoms with van der Waals surface area (Å²) < 4.78 is 12.9. The fraction of sp³-hybridized carbons (Fsp3) is 0.0667. The van der Waals surface area contributed by atoms with E-state index in [0.717, 1.165) is 17.7 Å². The highest BCUT2D eigenvalue weighted by molar-refractivity contribution is 6.33. The van der Waals surface area contributed by atoms with Gasteiger partial charge in [0.15, 0.2) is 0 Å². The summed E-state index contributed by atoms with van der Waals surface area (Å²) in [5.41, 5.74) is 1.10. The summed E-state index contributed by atoms with van der Waals surface area (Å²) in [5.74, 6) is -1.95. The van der Waals surface area contributed by atoms with Gasteiger partial charge in [0, 0.05) is 6.54 Å². The number of amides is 1. The van der Waals surface area contributed by atoms with E-state index in [1.807, 2.05) is 0 Å². The fourth-order valence-electron chi connectivity index (χ4n) is 1.72. The van der Waals surface area contributed by atoms with Crippen molar-refractivity contribution < 1.29 is 19.1 Å². The molecule has 2 N–H and O–H groups in total. The maximum atomic E-state index is 12.9. The Kier molecular flexibility index (Phi) is 4.55. The number of hydrogen-bond donors (Lipinski definition) is 2. The molecule has 0 aliphatic carbocycles. The Balaban J connectivity index is 2.02. The van der Waals surface area contributed by atoms with Crippen molar-refractivity contribution in [1.29, 1.82) is 0 Å². The number of rotatable bonds is 4. The van der Waals surface area contributed by atoms with Gasteiger partial charge < -0.3 is 10.4 Å². The normalized spacial score (nSPS) is 10.2. The molecule has 0 atom stereocenters. The number of aromatic carboxylic acids is 1. The highest BCUT2D eigenvalue weighted by atomic mass is 35.5. The largest absolute Gasteiger partial charge is 0.478 e. The molecule has 0 unspecified atom stereocenters. The van der Waals surface area contributed by atoms with Crippen LogP contribution in [0.1, 0.15) is 26.3 Å². The second-order valence-electron chi connectivity index (χ2n) is 4.31. The molecule has 6 heteroatoms. The fourth-order valence-corrected chi connectivity index (χ4v) is 1.97. The molecule has 0 heterocycles. The first kappa shape index (κ1) is 15.0. The molecule has 0 spiro atoms. The first-order valence-corrected chi connectivity index (χ1v) is 6.40. The molecule has 21 heavy (non-hydrogen) atoms. The minimum absolute atomic E-state index is 0.0359. The van der Waals surface area contributed by atoms with E-state index in [4.69, 9.17) is 16.7 Å². The molecule has 4 nitrogen and oxygen atoms in total. The molecule has 2 aromatic carbocycles. The third kappa shape index (κ3) is 3.79. The van der Waals surface area contributed by atoms with Crippen molar-refractivity contribution >= 4 is 23.5 Å². The van der Waals surface area contributed by atoms with Gasteiger partial charge in [-0.15, -0.1) is 0 Å². The van der Waals surface area contributed by atoms with Crippen molar-refractivity contribution in [1.82, 2.24) is 5.32 Å². The molecule has 0 aliphatic rings. The number of carbonyl (C=O) groups excluding carboxylic acids is 1. The Labute approximate surface area is 125 Å². The molecule has 0 saturated carbocycles. The average Bonchev–Trinajstić information content (AvgIpc) is 2.45. The van der Waals surface area contributed by atoms with Crippen molar-refractivity contribution in [3.63, 3.8) is 0 Å². The number of hydrogen-bond acceptors (Lipinski definition) is 2. The van der Waals surface area contributed by atoms with Crippen LogP contribution in [0.4, 0.5) is 4.39 Å². The highest BCUT2D eigenvalue weighted by Crippen LogP contribution is 2.17. The van der Waals surface area contributed by atoms with Gasteiger partial charge in [0.2, 0.25) is 0 Å². The monoisotopic (exact) mass is 307 g/mol. The lowest BCUT2D eigenvalue weighted by Gasteiger charge is -2.07. The molecule has 1 amide bonds. The van der Waals surface area contributed by atoms with Crippen molar-refractivity contribution in [2.24, 2.45) is 0 Å². The maximum absolute atomic E-state index is 12.9. The van der Waals surface area contributed by atoms with Crippen molar-refractivity contribution in [3.05, 3.63) is 70.0 Å². The maximum Gasteiger partial charge on any atom is 0.335 e. The zero-order valence-electron chi connectivity index (χ0n) is 10.8. The van der Waals surface area contributed by atoms with Gasteiger partial charge in [-0.25, -0.2) is 9.18 Å². The van der Waals surface area contributed by atoms with Crippen LogP contribution in [-0.4, -0.2) is 17.0 Å². The van der Waals surface area contributed by atoms with Gasteiger partial charge in [-0.2, -0.15) is 0 Å². The van der Waals surface area contributed by atoms with Crippen LogP contribution in [0.3, 0.4) is 0 Å². The number of carbonyl (C=O) groups is 2. The summed E-state index contributed by atoms with van der Waals surface area (Å²) in [7, 11) is 0. The Morgan fingerprint density at radius 1 is 1.14 bits per heavy atom. The molecule has 0 fully saturated rings. The first-order valence-electron chi connectivity index (χ1n) is 6.03. The van der Waals surface area contributed by atoms with Crippen molar-refractivity contribution in [3.8, 4) is 0 Å². The molecule has 2 rings (SSSR count). The number of carboxylic acid groups (broad SMARTS) is 1. The van der Waals surface area contributed by atoms with Gasteiger partial charge in [-0.3, -0.25) is 4.79 Å². The number of halogens is 2. The number of benzene rings is 2. The van der Waals surface area contributed by atoms with Crippen LogP contribution in [0.5, 0.6) is 0 Å². The topological polar surface area (TPSA) is 66.4 Å². The van der Waals surface area contributed by atoms with Crippen LogP contribution >= 0.6 is 11.6 Å². The second kappa shape index (κ2) is 6.37. The quantitative estimate of drug-likeness (QED) is 0.912. The summed E-state index contributed by atoms with van der Waals surface area (Å²) in [5, 5.41) is 11.4. The van der Waals surface area contributed by atoms with Gasteiger partial charge >= 0.3 is 5.97 Å². The zero-order valence-corrected chi connectivity index (χ0v) is 11.5. The number of carboxylic acids is 1. The van der Waals surface area contributed by atoms with Gasteiger partial charge in [0.1, 0.15) is 5.82 Å². The van der Waals surface area contributed by atoms with Crippen LogP contribution in [-0.2, 0) is 6.54 Å². The van der Waals surface area contributed by atoms with Crippen LogP contribution in [0.15, 0.2) is 42.5 Å². The lowest BCUT2D eigenvalue weighted by molar-refractivity contribution is 0.0696. The van der Waals surface area contributed by atoms with Crippen LogP contribution < -0.4 is 5.32 Å². The standard InChI is InChI=1S/C15H11ClFNO3/c16-13-7-11(17)5-6-12(13)14(19)18-8-9-1-3-10(4-2-9)15(20)21/h1-7H,8H2,(H,18,19)(H,20,21). The van der Waals surface area contributed by atoms with Gasteiger partial charge in [-0.1, -0.05) is 23.7 Å². The number of nitrogens with one attached hydrogen (secondary N) is 1. The predicted molar refractivity (Wildman–Crippen MR) is 76.0 cm³/mol.